The van der Waals surface area contributed by atoms with Gasteiger partial charge in [-0.3, -0.25) is 4.79 Å². The molecule has 0 aliphatic carbocycles. The van der Waals surface area contributed by atoms with Crippen molar-refractivity contribution in [1.29, 1.82) is 0 Å². The van der Waals surface area contributed by atoms with E-state index in [1.165, 1.54) is 50.2 Å². The normalized spacial score (nSPS) is 24.7. The van der Waals surface area contributed by atoms with Crippen LogP contribution in [0.2, 0.25) is 18.1 Å². The van der Waals surface area contributed by atoms with Gasteiger partial charge in [0.15, 0.2) is 0 Å². The third-order valence-corrected chi connectivity index (χ3v) is 11.6. The first-order valence-corrected chi connectivity index (χ1v) is 12.9. The summed E-state index contributed by atoms with van der Waals surface area (Å²) in [5.41, 5.74) is 0. The summed E-state index contributed by atoms with van der Waals surface area (Å²) in [5, 5.41) is 1.67. The SMILES string of the molecule is CCCCC[Si]1(c2ccccc2)CCC(C(C)CC(=O)OCC)CC1. The highest BCUT2D eigenvalue weighted by molar-refractivity contribution is 6.92. The van der Waals surface area contributed by atoms with E-state index < -0.39 is 8.07 Å². The second kappa shape index (κ2) is 10.2. The predicted molar refractivity (Wildman–Crippen MR) is 109 cm³/mol. The Balaban J connectivity index is 1.99. The maximum Gasteiger partial charge on any atom is 0.306 e. The zero-order valence-electron chi connectivity index (χ0n) is 16.4. The molecule has 1 unspecified atom stereocenters. The van der Waals surface area contributed by atoms with Gasteiger partial charge >= 0.3 is 5.97 Å². The van der Waals surface area contributed by atoms with Gasteiger partial charge in [0.1, 0.15) is 0 Å². The van der Waals surface area contributed by atoms with Crippen LogP contribution >= 0.6 is 0 Å². The zero-order chi connectivity index (χ0) is 18.1. The van der Waals surface area contributed by atoms with E-state index in [9.17, 15) is 4.79 Å². The van der Waals surface area contributed by atoms with Crippen LogP contribution in [0.1, 0.15) is 59.3 Å². The van der Waals surface area contributed by atoms with Crippen molar-refractivity contribution in [2.24, 2.45) is 11.8 Å². The summed E-state index contributed by atoms with van der Waals surface area (Å²) in [4.78, 5) is 11.8. The molecular weight excluding hydrogens is 324 g/mol. The number of unbranched alkanes of at least 4 members (excludes halogenated alkanes) is 2. The van der Waals surface area contributed by atoms with Gasteiger partial charge in [-0.2, -0.15) is 0 Å². The lowest BCUT2D eigenvalue weighted by molar-refractivity contribution is -0.144. The molecule has 0 saturated carbocycles. The molecule has 0 bridgehead atoms. The first-order valence-electron chi connectivity index (χ1n) is 10.3. The lowest BCUT2D eigenvalue weighted by Crippen LogP contribution is -2.50. The van der Waals surface area contributed by atoms with Crippen molar-refractivity contribution < 1.29 is 9.53 Å². The van der Waals surface area contributed by atoms with E-state index in [0.29, 0.717) is 24.9 Å². The summed E-state index contributed by atoms with van der Waals surface area (Å²) in [6.45, 7) is 6.93. The third kappa shape index (κ3) is 5.70. The van der Waals surface area contributed by atoms with Gasteiger partial charge < -0.3 is 4.74 Å². The molecule has 1 aromatic rings. The molecule has 1 aliphatic heterocycles. The van der Waals surface area contributed by atoms with Crippen LogP contribution in [0.15, 0.2) is 30.3 Å². The standard InChI is InChI=1S/C22H36O2Si/c1-4-6-10-15-25(21-11-8-7-9-12-21)16-13-20(14-17-25)19(3)18-22(23)24-5-2/h7-9,11-12,19-20H,4-6,10,13-18H2,1-3H3. The van der Waals surface area contributed by atoms with Crippen molar-refractivity contribution in [3.8, 4) is 0 Å². The smallest absolute Gasteiger partial charge is 0.306 e. The van der Waals surface area contributed by atoms with Crippen LogP contribution in [-0.4, -0.2) is 20.7 Å². The summed E-state index contributed by atoms with van der Waals surface area (Å²) < 4.78 is 5.15. The molecule has 1 fully saturated rings. The number of esters is 1. The van der Waals surface area contributed by atoms with E-state index in [4.69, 9.17) is 4.74 Å². The van der Waals surface area contributed by atoms with Crippen LogP contribution in [0.5, 0.6) is 0 Å². The van der Waals surface area contributed by atoms with E-state index >= 15 is 0 Å². The Morgan fingerprint density at radius 3 is 2.44 bits per heavy atom. The molecule has 1 heterocycles. The molecule has 1 aromatic carbocycles. The fraction of sp³-hybridized carbons (Fsp3) is 0.682. The van der Waals surface area contributed by atoms with Crippen molar-refractivity contribution in [1.82, 2.24) is 0 Å². The highest BCUT2D eigenvalue weighted by Crippen LogP contribution is 2.40. The molecule has 0 aromatic heterocycles. The Kier molecular flexibility index (Phi) is 8.21. The molecule has 1 atom stereocenters. The Morgan fingerprint density at radius 1 is 1.16 bits per heavy atom. The van der Waals surface area contributed by atoms with E-state index in [1.807, 2.05) is 6.92 Å². The van der Waals surface area contributed by atoms with Crippen LogP contribution in [0.25, 0.3) is 0 Å². The van der Waals surface area contributed by atoms with Gasteiger partial charge in [0.2, 0.25) is 0 Å². The van der Waals surface area contributed by atoms with Crippen LogP contribution in [-0.2, 0) is 9.53 Å². The predicted octanol–water partition coefficient (Wildman–Crippen LogP) is 5.53. The molecule has 0 amide bonds. The van der Waals surface area contributed by atoms with Gasteiger partial charge in [0, 0.05) is 6.42 Å². The van der Waals surface area contributed by atoms with Crippen molar-refractivity contribution >= 4 is 19.2 Å². The fourth-order valence-electron chi connectivity index (χ4n) is 4.60. The molecule has 1 aliphatic rings. The van der Waals surface area contributed by atoms with Gasteiger partial charge in [0.05, 0.1) is 14.7 Å². The molecule has 0 radical (unpaired) electrons. The minimum absolute atomic E-state index is 0.0184. The van der Waals surface area contributed by atoms with Gasteiger partial charge in [0.25, 0.3) is 0 Å². The topological polar surface area (TPSA) is 26.3 Å². The minimum Gasteiger partial charge on any atom is -0.466 e. The van der Waals surface area contributed by atoms with E-state index in [1.54, 1.807) is 5.19 Å². The molecule has 2 rings (SSSR count). The monoisotopic (exact) mass is 360 g/mol. The van der Waals surface area contributed by atoms with E-state index in [2.05, 4.69) is 44.2 Å². The summed E-state index contributed by atoms with van der Waals surface area (Å²) in [6, 6.07) is 15.6. The molecule has 1 saturated heterocycles. The number of hydrogen-bond acceptors (Lipinski definition) is 2. The highest BCUT2D eigenvalue weighted by Gasteiger charge is 2.39. The first-order chi connectivity index (χ1) is 12.1. The average molecular weight is 361 g/mol. The average Bonchev–Trinajstić information content (AvgIpc) is 2.63. The maximum atomic E-state index is 11.8. The number of carbonyl (C=O) groups excluding carboxylic acids is 1. The van der Waals surface area contributed by atoms with Gasteiger partial charge in [-0.1, -0.05) is 99.6 Å². The first kappa shape index (κ1) is 20.2. The summed E-state index contributed by atoms with van der Waals surface area (Å²) >= 11 is 0. The Hall–Kier alpha value is -1.09. The molecule has 3 heteroatoms. The maximum absolute atomic E-state index is 11.8. The summed E-state index contributed by atoms with van der Waals surface area (Å²) in [7, 11) is -1.36. The quantitative estimate of drug-likeness (QED) is 0.329. The van der Waals surface area contributed by atoms with E-state index in [-0.39, 0.29) is 5.97 Å². The zero-order valence-corrected chi connectivity index (χ0v) is 17.4. The second-order valence-electron chi connectivity index (χ2n) is 7.93. The summed E-state index contributed by atoms with van der Waals surface area (Å²) in [5.74, 6) is 1.13. The number of carbonyl (C=O) groups is 1. The van der Waals surface area contributed by atoms with Gasteiger partial charge in [-0.15, -0.1) is 0 Å². The second-order valence-corrected chi connectivity index (χ2v) is 12.6. The Morgan fingerprint density at radius 2 is 1.84 bits per heavy atom. The Labute approximate surface area is 155 Å². The molecule has 25 heavy (non-hydrogen) atoms. The summed E-state index contributed by atoms with van der Waals surface area (Å²) in [6.07, 6.45) is 7.25. The highest BCUT2D eigenvalue weighted by atomic mass is 28.3. The van der Waals surface area contributed by atoms with Crippen molar-refractivity contribution in [2.75, 3.05) is 6.61 Å². The van der Waals surface area contributed by atoms with Gasteiger partial charge in [-0.05, 0) is 18.8 Å². The number of ether oxygens (including phenoxy) is 1. The van der Waals surface area contributed by atoms with Crippen molar-refractivity contribution in [3.05, 3.63) is 30.3 Å². The molecule has 140 valence electrons. The van der Waals surface area contributed by atoms with Crippen molar-refractivity contribution in [3.63, 3.8) is 0 Å². The van der Waals surface area contributed by atoms with Crippen LogP contribution < -0.4 is 5.19 Å². The number of benzene rings is 1. The number of rotatable bonds is 9. The lowest BCUT2D eigenvalue weighted by Gasteiger charge is -2.41. The fourth-order valence-corrected chi connectivity index (χ4v) is 9.89. The molecule has 2 nitrogen and oxygen atoms in total. The Bertz CT molecular complexity index is 506. The lowest BCUT2D eigenvalue weighted by atomic mass is 9.86. The molecular formula is C22H36O2Si. The van der Waals surface area contributed by atoms with Gasteiger partial charge in [-0.25, -0.2) is 0 Å². The van der Waals surface area contributed by atoms with Crippen molar-refractivity contribution in [2.45, 2.75) is 77.4 Å². The third-order valence-electron chi connectivity index (χ3n) is 6.23. The molecule has 0 N–H and O–H groups in total. The number of hydrogen-bond donors (Lipinski definition) is 0. The minimum atomic E-state index is -1.36. The molecule has 0 spiro atoms. The van der Waals surface area contributed by atoms with Crippen LogP contribution in [0.4, 0.5) is 0 Å². The van der Waals surface area contributed by atoms with Crippen LogP contribution in [0, 0.1) is 11.8 Å². The van der Waals surface area contributed by atoms with Crippen LogP contribution in [0.3, 0.4) is 0 Å². The van der Waals surface area contributed by atoms with E-state index in [0.717, 1.165) is 0 Å². The largest absolute Gasteiger partial charge is 0.466 e.